The molecule has 0 aromatic heterocycles. The summed E-state index contributed by atoms with van der Waals surface area (Å²) in [6.07, 6.45) is 6.35. The highest BCUT2D eigenvalue weighted by atomic mass is 15.2. The van der Waals surface area contributed by atoms with Crippen LogP contribution in [-0.2, 0) is 6.42 Å². The molecule has 0 spiro atoms. The van der Waals surface area contributed by atoms with E-state index in [1.807, 2.05) is 0 Å². The first kappa shape index (κ1) is 17.5. The lowest BCUT2D eigenvalue weighted by atomic mass is 9.79. The summed E-state index contributed by atoms with van der Waals surface area (Å²) in [5, 5.41) is 10.2. The molecule has 0 radical (unpaired) electrons. The van der Waals surface area contributed by atoms with Gasteiger partial charge in [0.2, 0.25) is 0 Å². The Morgan fingerprint density at radius 3 is 2.52 bits per heavy atom. The number of benzene rings is 2. The second kappa shape index (κ2) is 7.74. The summed E-state index contributed by atoms with van der Waals surface area (Å²) in [7, 11) is 0. The van der Waals surface area contributed by atoms with Gasteiger partial charge >= 0.3 is 0 Å². The third-order valence-electron chi connectivity index (χ3n) is 5.59. The Bertz CT molecular complexity index is 731. The zero-order valence-corrected chi connectivity index (χ0v) is 15.4. The van der Waals surface area contributed by atoms with E-state index in [0.717, 1.165) is 25.7 Å². The van der Waals surface area contributed by atoms with Crippen molar-refractivity contribution in [1.82, 2.24) is 0 Å². The molecule has 130 valence electrons. The van der Waals surface area contributed by atoms with Gasteiger partial charge in [-0.3, -0.25) is 0 Å². The minimum Gasteiger partial charge on any atom is -0.346 e. The summed E-state index contributed by atoms with van der Waals surface area (Å²) < 4.78 is 0. The first-order chi connectivity index (χ1) is 12.2. The van der Waals surface area contributed by atoms with Crippen LogP contribution in [0.15, 0.2) is 54.6 Å². The van der Waals surface area contributed by atoms with Crippen LogP contribution >= 0.6 is 0 Å². The molecule has 2 heteroatoms. The molecule has 0 saturated carbocycles. The number of nitrogens with zero attached hydrogens (tertiary/aromatic N) is 2. The number of aryl methyl sites for hydroxylation is 1. The monoisotopic (exact) mass is 332 g/mol. The fourth-order valence-electron chi connectivity index (χ4n) is 4.19. The Labute approximate surface area is 152 Å². The Balaban J connectivity index is 2.04. The van der Waals surface area contributed by atoms with E-state index in [1.54, 1.807) is 0 Å². The largest absolute Gasteiger partial charge is 0.346 e. The number of anilines is 1. The van der Waals surface area contributed by atoms with Crippen molar-refractivity contribution in [3.63, 3.8) is 0 Å². The van der Waals surface area contributed by atoms with Gasteiger partial charge in [0.25, 0.3) is 0 Å². The van der Waals surface area contributed by atoms with Crippen molar-refractivity contribution < 1.29 is 0 Å². The molecule has 0 saturated heterocycles. The molecular formula is C23H28N2. The predicted octanol–water partition coefficient (Wildman–Crippen LogP) is 6.04. The minimum atomic E-state index is -0.404. The van der Waals surface area contributed by atoms with Gasteiger partial charge in [0.1, 0.15) is 5.54 Å². The van der Waals surface area contributed by atoms with Crippen molar-refractivity contribution in [3.05, 3.63) is 65.7 Å². The number of rotatable bonds is 6. The smallest absolute Gasteiger partial charge is 0.128 e. The van der Waals surface area contributed by atoms with Gasteiger partial charge in [-0.25, -0.2) is 0 Å². The highest BCUT2D eigenvalue weighted by molar-refractivity contribution is 5.61. The van der Waals surface area contributed by atoms with Crippen molar-refractivity contribution in [2.24, 2.45) is 0 Å². The maximum absolute atomic E-state index is 10.2. The van der Waals surface area contributed by atoms with Crippen molar-refractivity contribution >= 4 is 5.69 Å². The van der Waals surface area contributed by atoms with Gasteiger partial charge in [-0.05, 0) is 43.4 Å². The van der Waals surface area contributed by atoms with E-state index < -0.39 is 5.54 Å². The van der Waals surface area contributed by atoms with Gasteiger partial charge in [-0.1, -0.05) is 74.7 Å². The van der Waals surface area contributed by atoms with Crippen LogP contribution in [-0.4, -0.2) is 5.54 Å². The van der Waals surface area contributed by atoms with E-state index in [2.05, 4.69) is 79.4 Å². The predicted molar refractivity (Wildman–Crippen MR) is 105 cm³/mol. The molecule has 2 atom stereocenters. The lowest BCUT2D eigenvalue weighted by Gasteiger charge is -2.48. The van der Waals surface area contributed by atoms with Crippen LogP contribution < -0.4 is 4.90 Å². The van der Waals surface area contributed by atoms with Crippen LogP contribution in [0, 0.1) is 11.3 Å². The summed E-state index contributed by atoms with van der Waals surface area (Å²) in [4.78, 5) is 2.41. The maximum Gasteiger partial charge on any atom is 0.128 e. The van der Waals surface area contributed by atoms with Crippen LogP contribution in [0.1, 0.15) is 63.1 Å². The molecule has 1 aliphatic rings. The first-order valence-electron chi connectivity index (χ1n) is 9.55. The Morgan fingerprint density at radius 1 is 1.08 bits per heavy atom. The fourth-order valence-corrected chi connectivity index (χ4v) is 4.19. The normalized spacial score (nSPS) is 20.6. The minimum absolute atomic E-state index is 0.184. The number of unbranched alkanes of at least 4 members (excludes halogenated alkanes) is 2. The highest BCUT2D eigenvalue weighted by Gasteiger charge is 2.43. The van der Waals surface area contributed by atoms with E-state index >= 15 is 0 Å². The van der Waals surface area contributed by atoms with E-state index in [1.165, 1.54) is 29.7 Å². The SMILES string of the molecule is CCCCCC1(C#N)CCc2ccccc2N1C(C)c1ccccc1. The van der Waals surface area contributed by atoms with Gasteiger partial charge in [-0.2, -0.15) is 5.26 Å². The zero-order valence-electron chi connectivity index (χ0n) is 15.4. The molecule has 2 unspecified atom stereocenters. The van der Waals surface area contributed by atoms with Crippen molar-refractivity contribution in [1.29, 1.82) is 5.26 Å². The molecule has 1 heterocycles. The Kier molecular flexibility index (Phi) is 5.43. The molecule has 2 aromatic carbocycles. The summed E-state index contributed by atoms with van der Waals surface area (Å²) in [6.45, 7) is 4.46. The quantitative estimate of drug-likeness (QED) is 0.603. The van der Waals surface area contributed by atoms with E-state index in [0.29, 0.717) is 0 Å². The van der Waals surface area contributed by atoms with Crippen molar-refractivity contribution in [3.8, 4) is 6.07 Å². The highest BCUT2D eigenvalue weighted by Crippen LogP contribution is 2.44. The number of hydrogen-bond acceptors (Lipinski definition) is 2. The molecule has 0 amide bonds. The Hall–Kier alpha value is -2.27. The molecule has 0 bridgehead atoms. The van der Waals surface area contributed by atoms with Crippen LogP contribution in [0.4, 0.5) is 5.69 Å². The summed E-state index contributed by atoms with van der Waals surface area (Å²) in [5.41, 5.74) is 3.47. The third-order valence-corrected chi connectivity index (χ3v) is 5.59. The van der Waals surface area contributed by atoms with Crippen molar-refractivity contribution in [2.75, 3.05) is 4.90 Å². The van der Waals surface area contributed by atoms with Crippen molar-refractivity contribution in [2.45, 2.75) is 64.0 Å². The van der Waals surface area contributed by atoms with Gasteiger partial charge < -0.3 is 4.90 Å². The molecule has 0 aliphatic carbocycles. The molecule has 0 N–H and O–H groups in total. The van der Waals surface area contributed by atoms with Gasteiger partial charge in [0, 0.05) is 5.69 Å². The topological polar surface area (TPSA) is 27.0 Å². The molecule has 25 heavy (non-hydrogen) atoms. The van der Waals surface area contributed by atoms with Gasteiger partial charge in [0.05, 0.1) is 12.1 Å². The molecule has 3 rings (SSSR count). The molecule has 2 nitrogen and oxygen atoms in total. The fraction of sp³-hybridized carbons (Fsp3) is 0.435. The average molecular weight is 332 g/mol. The van der Waals surface area contributed by atoms with E-state index in [9.17, 15) is 5.26 Å². The first-order valence-corrected chi connectivity index (χ1v) is 9.55. The number of hydrogen-bond donors (Lipinski definition) is 0. The summed E-state index contributed by atoms with van der Waals surface area (Å²) in [6, 6.07) is 22.1. The molecular weight excluding hydrogens is 304 g/mol. The van der Waals surface area contributed by atoms with Crippen LogP contribution in [0.3, 0.4) is 0 Å². The Morgan fingerprint density at radius 2 is 1.80 bits per heavy atom. The third kappa shape index (κ3) is 3.42. The number of para-hydroxylation sites is 1. The van der Waals surface area contributed by atoms with Gasteiger partial charge in [-0.15, -0.1) is 0 Å². The number of fused-ring (bicyclic) bond motifs is 1. The van der Waals surface area contributed by atoms with Crippen LogP contribution in [0.5, 0.6) is 0 Å². The lowest BCUT2D eigenvalue weighted by Crippen LogP contribution is -2.52. The summed E-state index contributed by atoms with van der Waals surface area (Å²) >= 11 is 0. The van der Waals surface area contributed by atoms with Crippen LogP contribution in [0.25, 0.3) is 0 Å². The maximum atomic E-state index is 10.2. The lowest BCUT2D eigenvalue weighted by molar-refractivity contribution is 0.362. The van der Waals surface area contributed by atoms with E-state index in [-0.39, 0.29) is 6.04 Å². The van der Waals surface area contributed by atoms with Crippen LogP contribution in [0.2, 0.25) is 0 Å². The zero-order chi connectivity index (χ0) is 17.7. The van der Waals surface area contributed by atoms with E-state index in [4.69, 9.17) is 0 Å². The van der Waals surface area contributed by atoms with Gasteiger partial charge in [0.15, 0.2) is 0 Å². The number of nitriles is 1. The summed E-state index contributed by atoms with van der Waals surface area (Å²) in [5.74, 6) is 0. The molecule has 1 aliphatic heterocycles. The second-order valence-corrected chi connectivity index (χ2v) is 7.19. The standard InChI is InChI=1S/C23H28N2/c1-3-4-10-16-23(18-24)17-15-21-13-8-9-14-22(21)25(23)19(2)20-11-6-5-7-12-20/h5-9,11-14,19H,3-4,10,15-17H2,1-2H3. The second-order valence-electron chi connectivity index (χ2n) is 7.19. The molecule has 2 aromatic rings. The molecule has 0 fully saturated rings. The average Bonchev–Trinajstić information content (AvgIpc) is 2.68.